The summed E-state index contributed by atoms with van der Waals surface area (Å²) in [7, 11) is 0. The monoisotopic (exact) mass is 267 g/mol. The van der Waals surface area contributed by atoms with E-state index in [1.54, 1.807) is 17.2 Å². The molecule has 3 rings (SSSR count). The number of hydrogen-bond acceptors (Lipinski definition) is 6. The summed E-state index contributed by atoms with van der Waals surface area (Å²) in [4.78, 5) is 13.3. The summed E-state index contributed by atoms with van der Waals surface area (Å²) in [5, 5.41) is 9.41. The third-order valence-corrected chi connectivity index (χ3v) is 3.79. The quantitative estimate of drug-likeness (QED) is 0.843. The van der Waals surface area contributed by atoms with E-state index in [1.807, 2.05) is 6.07 Å². The molecule has 88 valence electrons. The molecule has 0 spiro atoms. The molecule has 2 aromatic heterocycles. The van der Waals surface area contributed by atoms with Crippen LogP contribution in [-0.2, 0) is 4.79 Å². The van der Waals surface area contributed by atoms with Crippen molar-refractivity contribution >= 4 is 35.0 Å². The van der Waals surface area contributed by atoms with Gasteiger partial charge in [0.2, 0.25) is 11.0 Å². The standard InChI is InChI=1S/C10H9N3O2S2/c14-8-4-6(16)5-13(8)10-12-11-9(17-10)7-2-1-3-15-7/h1-3,6,16H,4-5H2. The minimum absolute atomic E-state index is 0.0483. The van der Waals surface area contributed by atoms with Crippen molar-refractivity contribution in [1.29, 1.82) is 0 Å². The number of hydrogen-bond donors (Lipinski definition) is 1. The molecule has 0 bridgehead atoms. The molecule has 5 nitrogen and oxygen atoms in total. The fourth-order valence-electron chi connectivity index (χ4n) is 1.70. The lowest BCUT2D eigenvalue weighted by atomic mass is 10.4. The van der Waals surface area contributed by atoms with E-state index in [9.17, 15) is 4.79 Å². The van der Waals surface area contributed by atoms with Crippen molar-refractivity contribution in [3.8, 4) is 10.8 Å². The average molecular weight is 267 g/mol. The van der Waals surface area contributed by atoms with E-state index in [0.717, 1.165) is 0 Å². The van der Waals surface area contributed by atoms with E-state index < -0.39 is 0 Å². The van der Waals surface area contributed by atoms with Gasteiger partial charge in [0.15, 0.2) is 10.8 Å². The Kier molecular flexibility index (Phi) is 2.64. The maximum Gasteiger partial charge on any atom is 0.230 e. The van der Waals surface area contributed by atoms with Gasteiger partial charge in [-0.2, -0.15) is 12.6 Å². The van der Waals surface area contributed by atoms with Gasteiger partial charge in [-0.1, -0.05) is 11.3 Å². The molecule has 0 radical (unpaired) electrons. The van der Waals surface area contributed by atoms with Gasteiger partial charge in [0.05, 0.1) is 6.26 Å². The highest BCUT2D eigenvalue weighted by atomic mass is 32.1. The van der Waals surface area contributed by atoms with Gasteiger partial charge in [0.1, 0.15) is 0 Å². The number of rotatable bonds is 2. The molecule has 7 heteroatoms. The molecule has 1 amide bonds. The van der Waals surface area contributed by atoms with Crippen molar-refractivity contribution in [2.75, 3.05) is 11.4 Å². The van der Waals surface area contributed by atoms with Crippen LogP contribution in [0.4, 0.5) is 5.13 Å². The molecule has 3 heterocycles. The zero-order chi connectivity index (χ0) is 11.8. The molecule has 0 aromatic carbocycles. The molecule has 1 aliphatic heterocycles. The SMILES string of the molecule is O=C1CC(S)CN1c1nnc(-c2ccco2)s1. The van der Waals surface area contributed by atoms with Crippen molar-refractivity contribution in [1.82, 2.24) is 10.2 Å². The van der Waals surface area contributed by atoms with Crippen LogP contribution in [0.15, 0.2) is 22.8 Å². The summed E-state index contributed by atoms with van der Waals surface area (Å²) in [6.45, 7) is 0.592. The lowest BCUT2D eigenvalue weighted by molar-refractivity contribution is -0.117. The maximum absolute atomic E-state index is 11.7. The van der Waals surface area contributed by atoms with Crippen molar-refractivity contribution in [2.24, 2.45) is 0 Å². The minimum Gasteiger partial charge on any atom is -0.462 e. The van der Waals surface area contributed by atoms with Crippen LogP contribution >= 0.6 is 24.0 Å². The van der Waals surface area contributed by atoms with Gasteiger partial charge in [0, 0.05) is 18.2 Å². The number of thiol groups is 1. The van der Waals surface area contributed by atoms with Crippen LogP contribution in [-0.4, -0.2) is 27.9 Å². The van der Waals surface area contributed by atoms with E-state index in [1.165, 1.54) is 11.3 Å². The van der Waals surface area contributed by atoms with Gasteiger partial charge < -0.3 is 4.42 Å². The molecule has 0 saturated carbocycles. The lowest BCUT2D eigenvalue weighted by Gasteiger charge is -2.09. The number of furan rings is 1. The van der Waals surface area contributed by atoms with Crippen LogP contribution in [0.5, 0.6) is 0 Å². The van der Waals surface area contributed by atoms with Crippen LogP contribution in [0.25, 0.3) is 10.8 Å². The zero-order valence-electron chi connectivity index (χ0n) is 8.74. The van der Waals surface area contributed by atoms with Crippen LogP contribution in [0, 0.1) is 0 Å². The Labute approximate surface area is 107 Å². The third kappa shape index (κ3) is 1.96. The largest absolute Gasteiger partial charge is 0.462 e. The van der Waals surface area contributed by atoms with E-state index in [-0.39, 0.29) is 11.2 Å². The number of nitrogens with zero attached hydrogens (tertiary/aromatic N) is 3. The van der Waals surface area contributed by atoms with E-state index in [2.05, 4.69) is 22.8 Å². The Balaban J connectivity index is 1.88. The van der Waals surface area contributed by atoms with Crippen LogP contribution in [0.2, 0.25) is 0 Å². The smallest absolute Gasteiger partial charge is 0.230 e. The van der Waals surface area contributed by atoms with Crippen molar-refractivity contribution in [2.45, 2.75) is 11.7 Å². The first-order chi connectivity index (χ1) is 8.24. The second-order valence-corrected chi connectivity index (χ2v) is 5.42. The average Bonchev–Trinajstić information content (AvgIpc) is 2.97. The number of carbonyl (C=O) groups excluding carboxylic acids is 1. The highest BCUT2D eigenvalue weighted by molar-refractivity contribution is 7.81. The van der Waals surface area contributed by atoms with Crippen LogP contribution in [0.1, 0.15) is 6.42 Å². The number of amides is 1. The topological polar surface area (TPSA) is 59.2 Å². The van der Waals surface area contributed by atoms with Gasteiger partial charge in [-0.05, 0) is 12.1 Å². The van der Waals surface area contributed by atoms with E-state index in [4.69, 9.17) is 4.42 Å². The highest BCUT2D eigenvalue weighted by Gasteiger charge is 2.30. The fraction of sp³-hybridized carbons (Fsp3) is 0.300. The van der Waals surface area contributed by atoms with Gasteiger partial charge in [0.25, 0.3) is 0 Å². The number of aromatic nitrogens is 2. The molecule has 0 aliphatic carbocycles. The third-order valence-electron chi connectivity index (χ3n) is 2.48. The Morgan fingerprint density at radius 1 is 1.53 bits per heavy atom. The summed E-state index contributed by atoms with van der Waals surface area (Å²) in [5.41, 5.74) is 0. The van der Waals surface area contributed by atoms with Gasteiger partial charge in [-0.25, -0.2) is 0 Å². The van der Waals surface area contributed by atoms with Crippen molar-refractivity contribution in [3.63, 3.8) is 0 Å². The Bertz CT molecular complexity index is 538. The number of anilines is 1. The molecule has 0 N–H and O–H groups in total. The molecule has 17 heavy (non-hydrogen) atoms. The fourth-order valence-corrected chi connectivity index (χ4v) is 2.86. The zero-order valence-corrected chi connectivity index (χ0v) is 10.4. The predicted molar refractivity (Wildman–Crippen MR) is 67.4 cm³/mol. The first-order valence-electron chi connectivity index (χ1n) is 5.10. The highest BCUT2D eigenvalue weighted by Crippen LogP contribution is 2.31. The molecule has 1 unspecified atom stereocenters. The number of carbonyl (C=O) groups is 1. The van der Waals surface area contributed by atoms with Crippen molar-refractivity contribution < 1.29 is 9.21 Å². The van der Waals surface area contributed by atoms with E-state index >= 15 is 0 Å². The Morgan fingerprint density at radius 3 is 3.06 bits per heavy atom. The van der Waals surface area contributed by atoms with Crippen LogP contribution < -0.4 is 4.90 Å². The van der Waals surface area contributed by atoms with Gasteiger partial charge >= 0.3 is 0 Å². The Morgan fingerprint density at radius 2 is 2.41 bits per heavy atom. The second-order valence-electron chi connectivity index (χ2n) is 3.73. The summed E-state index contributed by atoms with van der Waals surface area (Å²) in [5.74, 6) is 0.718. The van der Waals surface area contributed by atoms with Crippen LogP contribution in [0.3, 0.4) is 0 Å². The first kappa shape index (κ1) is 10.8. The molecular weight excluding hydrogens is 258 g/mol. The van der Waals surface area contributed by atoms with E-state index in [0.29, 0.717) is 28.9 Å². The lowest BCUT2D eigenvalue weighted by Crippen LogP contribution is -2.24. The molecule has 1 fully saturated rings. The molecular formula is C10H9N3O2S2. The minimum atomic E-state index is 0.0483. The second kappa shape index (κ2) is 4.15. The van der Waals surface area contributed by atoms with Gasteiger partial charge in [-0.3, -0.25) is 9.69 Å². The predicted octanol–water partition coefficient (Wildman–Crippen LogP) is 1.83. The van der Waals surface area contributed by atoms with Gasteiger partial charge in [-0.15, -0.1) is 10.2 Å². The Hall–Kier alpha value is -1.34. The summed E-state index contributed by atoms with van der Waals surface area (Å²) >= 11 is 5.65. The molecule has 1 saturated heterocycles. The summed E-state index contributed by atoms with van der Waals surface area (Å²) in [6.07, 6.45) is 2.04. The molecule has 1 aliphatic rings. The normalized spacial score (nSPS) is 20.2. The molecule has 1 atom stereocenters. The summed E-state index contributed by atoms with van der Waals surface area (Å²) < 4.78 is 5.23. The summed E-state index contributed by atoms with van der Waals surface area (Å²) in [6, 6.07) is 3.61. The maximum atomic E-state index is 11.7. The first-order valence-corrected chi connectivity index (χ1v) is 6.43. The molecule has 2 aromatic rings. The van der Waals surface area contributed by atoms with Crippen molar-refractivity contribution in [3.05, 3.63) is 18.4 Å².